The van der Waals surface area contributed by atoms with Gasteiger partial charge in [-0.3, -0.25) is 9.48 Å². The lowest BCUT2D eigenvalue weighted by atomic mass is 10.2. The van der Waals surface area contributed by atoms with E-state index in [2.05, 4.69) is 10.4 Å². The number of aromatic carboxylic acids is 1. The Morgan fingerprint density at radius 1 is 1.37 bits per heavy atom. The first-order valence-corrected chi connectivity index (χ1v) is 5.31. The molecular formula is C12H10FN3O3. The van der Waals surface area contributed by atoms with Gasteiger partial charge in [-0.2, -0.15) is 5.10 Å². The molecule has 0 radical (unpaired) electrons. The smallest absolute Gasteiger partial charge is 0.335 e. The fraction of sp³-hybridized carbons (Fsp3) is 0.0833. The Labute approximate surface area is 107 Å². The van der Waals surface area contributed by atoms with Crippen LogP contribution in [0.5, 0.6) is 0 Å². The minimum Gasteiger partial charge on any atom is -0.478 e. The first-order valence-electron chi connectivity index (χ1n) is 5.31. The van der Waals surface area contributed by atoms with Crippen molar-refractivity contribution in [2.24, 2.45) is 7.05 Å². The molecule has 2 aromatic rings. The van der Waals surface area contributed by atoms with E-state index in [1.807, 2.05) is 0 Å². The first-order chi connectivity index (χ1) is 8.99. The summed E-state index contributed by atoms with van der Waals surface area (Å²) < 4.78 is 15.0. The third-order valence-corrected chi connectivity index (χ3v) is 2.52. The van der Waals surface area contributed by atoms with Crippen molar-refractivity contribution in [2.45, 2.75) is 0 Å². The molecule has 0 saturated carbocycles. The van der Waals surface area contributed by atoms with E-state index in [1.54, 1.807) is 7.05 Å². The third kappa shape index (κ3) is 2.59. The van der Waals surface area contributed by atoms with Gasteiger partial charge in [0.15, 0.2) is 0 Å². The third-order valence-electron chi connectivity index (χ3n) is 2.52. The van der Waals surface area contributed by atoms with Gasteiger partial charge in [-0.15, -0.1) is 0 Å². The van der Waals surface area contributed by atoms with E-state index in [-0.39, 0.29) is 16.9 Å². The lowest BCUT2D eigenvalue weighted by molar-refractivity contribution is 0.0696. The SMILES string of the molecule is Cn1nccc1C(=O)Nc1ccc(C(=O)O)cc1F. The molecule has 0 spiro atoms. The number of nitrogens with one attached hydrogen (secondary N) is 1. The molecule has 2 N–H and O–H groups in total. The van der Waals surface area contributed by atoms with E-state index in [4.69, 9.17) is 5.11 Å². The largest absolute Gasteiger partial charge is 0.478 e. The molecule has 19 heavy (non-hydrogen) atoms. The minimum absolute atomic E-state index is 0.0869. The van der Waals surface area contributed by atoms with E-state index in [9.17, 15) is 14.0 Å². The van der Waals surface area contributed by atoms with Crippen LogP contribution >= 0.6 is 0 Å². The van der Waals surface area contributed by atoms with Gasteiger partial charge in [0.05, 0.1) is 11.3 Å². The van der Waals surface area contributed by atoms with Gasteiger partial charge in [0.25, 0.3) is 5.91 Å². The number of aryl methyl sites for hydroxylation is 1. The monoisotopic (exact) mass is 263 g/mol. The molecular weight excluding hydrogens is 253 g/mol. The molecule has 0 saturated heterocycles. The number of nitrogens with zero attached hydrogens (tertiary/aromatic N) is 2. The van der Waals surface area contributed by atoms with E-state index < -0.39 is 17.7 Å². The highest BCUT2D eigenvalue weighted by Gasteiger charge is 2.14. The van der Waals surface area contributed by atoms with Gasteiger partial charge in [0.1, 0.15) is 11.5 Å². The zero-order valence-corrected chi connectivity index (χ0v) is 9.92. The Balaban J connectivity index is 2.23. The second kappa shape index (κ2) is 4.89. The first kappa shape index (κ1) is 12.7. The number of rotatable bonds is 3. The molecule has 0 aliphatic carbocycles. The molecule has 0 unspecified atom stereocenters. The summed E-state index contributed by atoms with van der Waals surface area (Å²) in [6, 6.07) is 4.75. The predicted octanol–water partition coefficient (Wildman–Crippen LogP) is 1.51. The number of aromatic nitrogens is 2. The van der Waals surface area contributed by atoms with Crippen molar-refractivity contribution in [2.75, 3.05) is 5.32 Å². The molecule has 1 aromatic heterocycles. The summed E-state index contributed by atoms with van der Waals surface area (Å²) in [5.41, 5.74) is -0.00561. The van der Waals surface area contributed by atoms with Crippen molar-refractivity contribution in [3.8, 4) is 0 Å². The van der Waals surface area contributed by atoms with E-state index in [0.29, 0.717) is 0 Å². The molecule has 6 nitrogen and oxygen atoms in total. The van der Waals surface area contributed by atoms with E-state index in [0.717, 1.165) is 6.07 Å². The highest BCUT2D eigenvalue weighted by Crippen LogP contribution is 2.16. The molecule has 0 atom stereocenters. The van der Waals surface area contributed by atoms with Gasteiger partial charge < -0.3 is 10.4 Å². The van der Waals surface area contributed by atoms with Gasteiger partial charge in [0, 0.05) is 13.2 Å². The van der Waals surface area contributed by atoms with Crippen LogP contribution in [0, 0.1) is 5.82 Å². The molecule has 98 valence electrons. The molecule has 2 rings (SSSR count). The van der Waals surface area contributed by atoms with Crippen LogP contribution in [0.2, 0.25) is 0 Å². The molecule has 0 fully saturated rings. The molecule has 0 aliphatic rings. The number of carbonyl (C=O) groups excluding carboxylic acids is 1. The maximum absolute atomic E-state index is 13.6. The summed E-state index contributed by atoms with van der Waals surface area (Å²) in [7, 11) is 1.58. The van der Waals surface area contributed by atoms with E-state index in [1.165, 1.54) is 29.1 Å². The summed E-state index contributed by atoms with van der Waals surface area (Å²) in [6.45, 7) is 0. The van der Waals surface area contributed by atoms with Gasteiger partial charge >= 0.3 is 5.97 Å². The van der Waals surface area contributed by atoms with Crippen molar-refractivity contribution in [3.05, 3.63) is 47.5 Å². The highest BCUT2D eigenvalue weighted by molar-refractivity contribution is 6.03. The Hall–Kier alpha value is -2.70. The fourth-order valence-corrected chi connectivity index (χ4v) is 1.53. The van der Waals surface area contributed by atoms with Crippen LogP contribution in [0.15, 0.2) is 30.5 Å². The molecule has 1 aromatic carbocycles. The van der Waals surface area contributed by atoms with Crippen molar-refractivity contribution in [1.82, 2.24) is 9.78 Å². The number of carboxylic acid groups (broad SMARTS) is 1. The van der Waals surface area contributed by atoms with Crippen molar-refractivity contribution >= 4 is 17.6 Å². The Morgan fingerprint density at radius 2 is 2.11 bits per heavy atom. The number of carboxylic acids is 1. The number of anilines is 1. The number of hydrogen-bond acceptors (Lipinski definition) is 3. The number of amides is 1. The normalized spacial score (nSPS) is 10.2. The zero-order valence-electron chi connectivity index (χ0n) is 9.92. The summed E-state index contributed by atoms with van der Waals surface area (Å²) in [5, 5.41) is 14.9. The second-order valence-electron chi connectivity index (χ2n) is 3.79. The lowest BCUT2D eigenvalue weighted by Gasteiger charge is -2.07. The van der Waals surface area contributed by atoms with E-state index >= 15 is 0 Å². The standard InChI is InChI=1S/C12H10FN3O3/c1-16-10(4-5-14-16)11(17)15-9-3-2-7(12(18)19)6-8(9)13/h2-6H,1H3,(H,15,17)(H,18,19). The Morgan fingerprint density at radius 3 is 2.63 bits per heavy atom. The number of benzene rings is 1. The predicted molar refractivity (Wildman–Crippen MR) is 64.5 cm³/mol. The van der Waals surface area contributed by atoms with Gasteiger partial charge in [-0.05, 0) is 24.3 Å². The van der Waals surface area contributed by atoms with Crippen LogP contribution in [0.25, 0.3) is 0 Å². The van der Waals surface area contributed by atoms with Crippen molar-refractivity contribution in [1.29, 1.82) is 0 Å². The maximum Gasteiger partial charge on any atom is 0.335 e. The van der Waals surface area contributed by atoms with Gasteiger partial charge in [-0.25, -0.2) is 9.18 Å². The van der Waals surface area contributed by atoms with Crippen LogP contribution in [0.1, 0.15) is 20.8 Å². The number of hydrogen-bond donors (Lipinski definition) is 2. The minimum atomic E-state index is -1.23. The fourth-order valence-electron chi connectivity index (χ4n) is 1.53. The topological polar surface area (TPSA) is 84.2 Å². The molecule has 7 heteroatoms. The molecule has 0 bridgehead atoms. The molecule has 0 aliphatic heterocycles. The molecule has 1 amide bonds. The van der Waals surface area contributed by atoms with Crippen LogP contribution in [0.4, 0.5) is 10.1 Å². The lowest BCUT2D eigenvalue weighted by Crippen LogP contribution is -2.17. The Bertz CT molecular complexity index is 651. The zero-order chi connectivity index (χ0) is 14.0. The number of carbonyl (C=O) groups is 2. The van der Waals surface area contributed by atoms with Crippen LogP contribution in [-0.4, -0.2) is 26.8 Å². The highest BCUT2D eigenvalue weighted by atomic mass is 19.1. The summed E-state index contributed by atoms with van der Waals surface area (Å²) in [4.78, 5) is 22.5. The van der Waals surface area contributed by atoms with Gasteiger partial charge in [0.2, 0.25) is 0 Å². The van der Waals surface area contributed by atoms with Crippen LogP contribution in [-0.2, 0) is 7.05 Å². The summed E-state index contributed by atoms with van der Waals surface area (Å²) >= 11 is 0. The average Bonchev–Trinajstić information content (AvgIpc) is 2.77. The van der Waals surface area contributed by atoms with Crippen molar-refractivity contribution in [3.63, 3.8) is 0 Å². The second-order valence-corrected chi connectivity index (χ2v) is 3.79. The quantitative estimate of drug-likeness (QED) is 0.879. The van der Waals surface area contributed by atoms with Gasteiger partial charge in [-0.1, -0.05) is 0 Å². The number of halogens is 1. The average molecular weight is 263 g/mol. The maximum atomic E-state index is 13.6. The molecule has 1 heterocycles. The summed E-state index contributed by atoms with van der Waals surface area (Å²) in [6.07, 6.45) is 1.44. The van der Waals surface area contributed by atoms with Crippen LogP contribution < -0.4 is 5.32 Å². The van der Waals surface area contributed by atoms with Crippen LogP contribution in [0.3, 0.4) is 0 Å². The summed E-state index contributed by atoms with van der Waals surface area (Å²) in [5.74, 6) is -2.57. The van der Waals surface area contributed by atoms with Crippen molar-refractivity contribution < 1.29 is 19.1 Å². The Kier molecular flexibility index (Phi) is 3.28.